The molecule has 0 unspecified atom stereocenters. The smallest absolute Gasteiger partial charge is 0.329 e. The molecule has 3 rings (SSSR count). The van der Waals surface area contributed by atoms with Crippen molar-refractivity contribution in [2.45, 2.75) is 0 Å². The minimum absolute atomic E-state index is 0.0445. The number of nitrogens with one attached hydrogen (secondary N) is 2. The van der Waals surface area contributed by atoms with Gasteiger partial charge in [0.15, 0.2) is 0 Å². The second-order valence-electron chi connectivity index (χ2n) is 5.39. The normalized spacial score (nSPS) is 15.4. The summed E-state index contributed by atoms with van der Waals surface area (Å²) in [6, 6.07) is 14.3. The van der Waals surface area contributed by atoms with Crippen LogP contribution in [-0.4, -0.2) is 34.4 Å². The van der Waals surface area contributed by atoms with Gasteiger partial charge in [-0.1, -0.05) is 30.3 Å². The summed E-state index contributed by atoms with van der Waals surface area (Å²) in [6.45, 7) is -0.392. The number of nitrogens with zero attached hydrogens (tertiary/aromatic N) is 1. The molecule has 1 heterocycles. The molecule has 1 fully saturated rings. The Kier molecular flexibility index (Phi) is 4.47. The Balaban J connectivity index is 1.70. The van der Waals surface area contributed by atoms with Crippen molar-refractivity contribution >= 4 is 29.6 Å². The van der Waals surface area contributed by atoms with Crippen LogP contribution in [0, 0.1) is 0 Å². The highest BCUT2D eigenvalue weighted by atomic mass is 16.3. The van der Waals surface area contributed by atoms with Crippen LogP contribution in [0.1, 0.15) is 5.56 Å². The number of phenols is 1. The van der Waals surface area contributed by atoms with Gasteiger partial charge in [0.2, 0.25) is 5.91 Å². The summed E-state index contributed by atoms with van der Waals surface area (Å²) in [5.41, 5.74) is 1.18. The van der Waals surface area contributed by atoms with E-state index in [0.29, 0.717) is 11.3 Å². The SMILES string of the molecule is O=C(CN1C(=O)N/C(=C\c2cccc(O)c2)C1=O)Nc1ccccc1. The number of hydrogen-bond donors (Lipinski definition) is 3. The van der Waals surface area contributed by atoms with Crippen molar-refractivity contribution in [1.82, 2.24) is 10.2 Å². The Labute approximate surface area is 143 Å². The van der Waals surface area contributed by atoms with Crippen molar-refractivity contribution in [2.24, 2.45) is 0 Å². The first-order chi connectivity index (χ1) is 12.0. The first-order valence-corrected chi connectivity index (χ1v) is 7.51. The largest absolute Gasteiger partial charge is 0.508 e. The molecule has 0 radical (unpaired) electrons. The van der Waals surface area contributed by atoms with Crippen LogP contribution in [-0.2, 0) is 9.59 Å². The summed E-state index contributed by atoms with van der Waals surface area (Å²) < 4.78 is 0. The van der Waals surface area contributed by atoms with Crippen molar-refractivity contribution in [3.05, 3.63) is 65.9 Å². The van der Waals surface area contributed by atoms with Crippen molar-refractivity contribution < 1.29 is 19.5 Å². The lowest BCUT2D eigenvalue weighted by molar-refractivity contribution is -0.127. The van der Waals surface area contributed by atoms with Crippen LogP contribution in [0.15, 0.2) is 60.3 Å². The van der Waals surface area contributed by atoms with E-state index >= 15 is 0 Å². The van der Waals surface area contributed by atoms with Crippen LogP contribution in [0.5, 0.6) is 5.75 Å². The maximum absolute atomic E-state index is 12.3. The molecular weight excluding hydrogens is 322 g/mol. The summed E-state index contributed by atoms with van der Waals surface area (Å²) in [5, 5.41) is 14.5. The summed E-state index contributed by atoms with van der Waals surface area (Å²) in [6.07, 6.45) is 1.44. The van der Waals surface area contributed by atoms with Gasteiger partial charge in [0.1, 0.15) is 18.0 Å². The van der Waals surface area contributed by atoms with E-state index in [-0.39, 0.29) is 11.4 Å². The Morgan fingerprint density at radius 1 is 1.12 bits per heavy atom. The van der Waals surface area contributed by atoms with Crippen LogP contribution < -0.4 is 10.6 Å². The molecule has 0 atom stereocenters. The molecule has 25 heavy (non-hydrogen) atoms. The molecule has 126 valence electrons. The predicted molar refractivity (Wildman–Crippen MR) is 91.4 cm³/mol. The lowest BCUT2D eigenvalue weighted by Crippen LogP contribution is -2.38. The third kappa shape index (κ3) is 3.84. The van der Waals surface area contributed by atoms with Gasteiger partial charge in [-0.3, -0.25) is 9.59 Å². The fraction of sp³-hybridized carbons (Fsp3) is 0.0556. The molecule has 1 aliphatic rings. The molecule has 0 saturated carbocycles. The predicted octanol–water partition coefficient (Wildman–Crippen LogP) is 1.92. The van der Waals surface area contributed by atoms with Gasteiger partial charge < -0.3 is 15.7 Å². The van der Waals surface area contributed by atoms with Gasteiger partial charge in [-0.15, -0.1) is 0 Å². The van der Waals surface area contributed by atoms with Gasteiger partial charge in [0.05, 0.1) is 0 Å². The minimum Gasteiger partial charge on any atom is -0.508 e. The number of carbonyl (C=O) groups excluding carboxylic acids is 3. The van der Waals surface area contributed by atoms with E-state index in [2.05, 4.69) is 10.6 Å². The standard InChI is InChI=1S/C18H15N3O4/c22-14-8-4-5-12(9-14)10-15-17(24)21(18(25)20-15)11-16(23)19-13-6-2-1-3-7-13/h1-10,22H,11H2,(H,19,23)(H,20,25)/b15-10-. The molecule has 7 nitrogen and oxygen atoms in total. The molecule has 1 aliphatic heterocycles. The zero-order valence-corrected chi connectivity index (χ0v) is 13.1. The fourth-order valence-corrected chi connectivity index (χ4v) is 2.36. The minimum atomic E-state index is -0.667. The third-order valence-electron chi connectivity index (χ3n) is 3.50. The number of amides is 4. The van der Waals surface area contributed by atoms with Crippen LogP contribution in [0.4, 0.5) is 10.5 Å². The molecule has 2 aromatic rings. The number of carbonyl (C=O) groups is 3. The molecule has 0 aliphatic carbocycles. The zero-order valence-electron chi connectivity index (χ0n) is 13.1. The number of anilines is 1. The van der Waals surface area contributed by atoms with Crippen LogP contribution in [0.3, 0.4) is 0 Å². The quantitative estimate of drug-likeness (QED) is 0.586. The average molecular weight is 337 g/mol. The molecule has 2 aromatic carbocycles. The van der Waals surface area contributed by atoms with Crippen molar-refractivity contribution in [3.8, 4) is 5.75 Å². The zero-order chi connectivity index (χ0) is 17.8. The second-order valence-corrected chi connectivity index (χ2v) is 5.39. The van der Waals surface area contributed by atoms with E-state index in [1.807, 2.05) is 6.07 Å². The van der Waals surface area contributed by atoms with E-state index < -0.39 is 24.4 Å². The average Bonchev–Trinajstić information content (AvgIpc) is 2.83. The van der Waals surface area contributed by atoms with Gasteiger partial charge in [-0.2, -0.15) is 0 Å². The molecule has 7 heteroatoms. The molecule has 0 spiro atoms. The van der Waals surface area contributed by atoms with E-state index in [1.54, 1.807) is 36.4 Å². The number of aromatic hydroxyl groups is 1. The first-order valence-electron chi connectivity index (χ1n) is 7.51. The Morgan fingerprint density at radius 2 is 1.88 bits per heavy atom. The summed E-state index contributed by atoms with van der Waals surface area (Å²) in [7, 11) is 0. The molecule has 3 N–H and O–H groups in total. The number of benzene rings is 2. The molecule has 0 aromatic heterocycles. The second kappa shape index (κ2) is 6.88. The lowest BCUT2D eigenvalue weighted by atomic mass is 10.2. The number of hydrogen-bond acceptors (Lipinski definition) is 4. The highest BCUT2D eigenvalue weighted by Crippen LogP contribution is 2.17. The van der Waals surface area contributed by atoms with Gasteiger partial charge >= 0.3 is 6.03 Å². The topological polar surface area (TPSA) is 98.7 Å². The lowest BCUT2D eigenvalue weighted by Gasteiger charge is -2.11. The van der Waals surface area contributed by atoms with Crippen LogP contribution in [0.2, 0.25) is 0 Å². The van der Waals surface area contributed by atoms with Crippen molar-refractivity contribution in [3.63, 3.8) is 0 Å². The number of para-hydroxylation sites is 1. The number of phenolic OH excluding ortho intramolecular Hbond substituents is 1. The van der Waals surface area contributed by atoms with Crippen LogP contribution >= 0.6 is 0 Å². The van der Waals surface area contributed by atoms with Gasteiger partial charge in [0, 0.05) is 5.69 Å². The Hall–Kier alpha value is -3.61. The van der Waals surface area contributed by atoms with E-state index in [0.717, 1.165) is 4.90 Å². The molecule has 1 saturated heterocycles. The molecule has 0 bridgehead atoms. The highest BCUT2D eigenvalue weighted by Gasteiger charge is 2.34. The number of urea groups is 1. The maximum Gasteiger partial charge on any atom is 0.329 e. The third-order valence-corrected chi connectivity index (χ3v) is 3.50. The Bertz CT molecular complexity index is 862. The summed E-state index contributed by atoms with van der Waals surface area (Å²) >= 11 is 0. The number of rotatable bonds is 4. The first kappa shape index (κ1) is 16.3. The number of imide groups is 1. The van der Waals surface area contributed by atoms with Gasteiger partial charge in [-0.05, 0) is 35.9 Å². The highest BCUT2D eigenvalue weighted by molar-refractivity contribution is 6.15. The molecular formula is C18H15N3O4. The van der Waals surface area contributed by atoms with E-state index in [1.165, 1.54) is 18.2 Å². The summed E-state index contributed by atoms with van der Waals surface area (Å²) in [5.74, 6) is -1.03. The van der Waals surface area contributed by atoms with Crippen molar-refractivity contribution in [2.75, 3.05) is 11.9 Å². The van der Waals surface area contributed by atoms with E-state index in [4.69, 9.17) is 0 Å². The molecule has 4 amide bonds. The van der Waals surface area contributed by atoms with Crippen molar-refractivity contribution in [1.29, 1.82) is 0 Å². The van der Waals surface area contributed by atoms with Gasteiger partial charge in [-0.25, -0.2) is 9.69 Å². The van der Waals surface area contributed by atoms with Crippen LogP contribution in [0.25, 0.3) is 6.08 Å². The fourth-order valence-electron chi connectivity index (χ4n) is 2.36. The monoisotopic (exact) mass is 337 g/mol. The maximum atomic E-state index is 12.3. The van der Waals surface area contributed by atoms with Gasteiger partial charge in [0.25, 0.3) is 5.91 Å². The van der Waals surface area contributed by atoms with E-state index in [9.17, 15) is 19.5 Å². The summed E-state index contributed by atoms with van der Waals surface area (Å²) in [4.78, 5) is 37.1. The Morgan fingerprint density at radius 3 is 2.60 bits per heavy atom.